The Morgan fingerprint density at radius 1 is 1.20 bits per heavy atom. The number of amidine groups is 1. The Bertz CT molecular complexity index is 761. The number of thioether (sulfide) groups is 1. The normalized spacial score (nSPS) is 12.6. The quantitative estimate of drug-likeness (QED) is 0.482. The van der Waals surface area contributed by atoms with Crippen LogP contribution in [0.3, 0.4) is 0 Å². The number of nitrogens with two attached hydrogens (primary N) is 1. The van der Waals surface area contributed by atoms with Gasteiger partial charge in [-0.2, -0.15) is 5.10 Å². The third-order valence-electron chi connectivity index (χ3n) is 3.07. The van der Waals surface area contributed by atoms with Crippen LogP contribution >= 0.6 is 11.8 Å². The summed E-state index contributed by atoms with van der Waals surface area (Å²) in [7, 11) is 0. The van der Waals surface area contributed by atoms with E-state index in [9.17, 15) is 13.2 Å². The van der Waals surface area contributed by atoms with Crippen LogP contribution in [0.4, 0.5) is 13.2 Å². The van der Waals surface area contributed by atoms with Crippen molar-refractivity contribution in [1.29, 1.82) is 0 Å². The molecule has 0 radical (unpaired) electrons. The molecule has 132 valence electrons. The van der Waals surface area contributed by atoms with Crippen molar-refractivity contribution in [3.8, 4) is 5.75 Å². The molecule has 0 bridgehead atoms. The van der Waals surface area contributed by atoms with E-state index in [0.29, 0.717) is 11.3 Å². The fourth-order valence-corrected chi connectivity index (χ4v) is 2.47. The molecule has 2 N–H and O–H groups in total. The molecule has 2 aromatic rings. The summed E-state index contributed by atoms with van der Waals surface area (Å²) < 4.78 is 40.7. The Morgan fingerprint density at radius 2 is 1.92 bits per heavy atom. The molecule has 0 spiro atoms. The molecule has 0 saturated heterocycles. The zero-order chi connectivity index (χ0) is 18.3. The number of alkyl halides is 3. The standard InChI is InChI=1S/C17H16F3N3OS/c1-12-7-8-15(24-17(18,19)20)9-14(12)10-22-23-16(21)25-11-13-5-3-2-4-6-13/h2-10H,11H2,1H3,(H2,21,23). The van der Waals surface area contributed by atoms with Gasteiger partial charge in [0.05, 0.1) is 6.21 Å². The molecule has 0 aliphatic rings. The Hall–Kier alpha value is -2.48. The van der Waals surface area contributed by atoms with Crippen molar-refractivity contribution in [2.24, 2.45) is 15.9 Å². The maximum absolute atomic E-state index is 12.3. The third-order valence-corrected chi connectivity index (χ3v) is 3.92. The first kappa shape index (κ1) is 18.9. The third kappa shape index (κ3) is 6.88. The highest BCUT2D eigenvalue weighted by Crippen LogP contribution is 2.24. The summed E-state index contributed by atoms with van der Waals surface area (Å²) in [6.45, 7) is 1.75. The number of benzene rings is 2. The molecule has 2 rings (SSSR count). The molecule has 4 nitrogen and oxygen atoms in total. The Morgan fingerprint density at radius 3 is 2.60 bits per heavy atom. The second kappa shape index (κ2) is 8.57. The van der Waals surface area contributed by atoms with E-state index in [-0.39, 0.29) is 10.9 Å². The van der Waals surface area contributed by atoms with Crippen molar-refractivity contribution < 1.29 is 17.9 Å². The van der Waals surface area contributed by atoms with Gasteiger partial charge in [0.1, 0.15) is 5.75 Å². The molecule has 0 fully saturated rings. The fraction of sp³-hybridized carbons (Fsp3) is 0.176. The maximum Gasteiger partial charge on any atom is 0.573 e. The highest BCUT2D eigenvalue weighted by atomic mass is 32.2. The number of hydrogen-bond acceptors (Lipinski definition) is 4. The lowest BCUT2D eigenvalue weighted by Gasteiger charge is -2.10. The van der Waals surface area contributed by atoms with Crippen LogP contribution in [-0.2, 0) is 5.75 Å². The number of ether oxygens (including phenoxy) is 1. The van der Waals surface area contributed by atoms with Crippen molar-refractivity contribution in [1.82, 2.24) is 0 Å². The minimum Gasteiger partial charge on any atom is -0.406 e. The van der Waals surface area contributed by atoms with E-state index in [2.05, 4.69) is 14.9 Å². The minimum absolute atomic E-state index is 0.264. The Labute approximate surface area is 147 Å². The number of hydrogen-bond donors (Lipinski definition) is 1. The van der Waals surface area contributed by atoms with E-state index < -0.39 is 6.36 Å². The molecule has 0 heterocycles. The summed E-state index contributed by atoms with van der Waals surface area (Å²) in [5.74, 6) is 0.342. The summed E-state index contributed by atoms with van der Waals surface area (Å²) in [5.41, 5.74) is 8.07. The zero-order valence-electron chi connectivity index (χ0n) is 13.3. The summed E-state index contributed by atoms with van der Waals surface area (Å²) >= 11 is 1.32. The fourth-order valence-electron chi connectivity index (χ4n) is 1.86. The van der Waals surface area contributed by atoms with E-state index in [1.807, 2.05) is 30.3 Å². The second-order valence-corrected chi connectivity index (χ2v) is 6.02. The Kier molecular flexibility index (Phi) is 6.46. The summed E-state index contributed by atoms with van der Waals surface area (Å²) in [4.78, 5) is 0. The molecule has 0 saturated carbocycles. The van der Waals surface area contributed by atoms with Crippen LogP contribution in [0, 0.1) is 6.92 Å². The topological polar surface area (TPSA) is 60.0 Å². The van der Waals surface area contributed by atoms with Gasteiger partial charge in [-0.15, -0.1) is 18.3 Å². The van der Waals surface area contributed by atoms with Gasteiger partial charge in [-0.3, -0.25) is 0 Å². The molecule has 0 aliphatic heterocycles. The van der Waals surface area contributed by atoms with Gasteiger partial charge >= 0.3 is 6.36 Å². The molecule has 0 unspecified atom stereocenters. The van der Waals surface area contributed by atoms with Gasteiger partial charge in [-0.05, 0) is 30.2 Å². The van der Waals surface area contributed by atoms with E-state index >= 15 is 0 Å². The first-order chi connectivity index (χ1) is 11.8. The van der Waals surface area contributed by atoms with Crippen LogP contribution in [0.5, 0.6) is 5.75 Å². The largest absolute Gasteiger partial charge is 0.573 e. The number of halogens is 3. The molecule has 0 amide bonds. The lowest BCUT2D eigenvalue weighted by molar-refractivity contribution is -0.274. The van der Waals surface area contributed by atoms with E-state index in [0.717, 1.165) is 11.1 Å². The highest BCUT2D eigenvalue weighted by molar-refractivity contribution is 8.13. The molecular weight excluding hydrogens is 351 g/mol. The van der Waals surface area contributed by atoms with Crippen LogP contribution in [-0.4, -0.2) is 17.7 Å². The maximum atomic E-state index is 12.3. The van der Waals surface area contributed by atoms with Gasteiger partial charge in [0, 0.05) is 11.3 Å². The summed E-state index contributed by atoms with van der Waals surface area (Å²) in [6, 6.07) is 13.7. The predicted molar refractivity (Wildman–Crippen MR) is 94.8 cm³/mol. The first-order valence-electron chi connectivity index (χ1n) is 7.23. The van der Waals surface area contributed by atoms with Gasteiger partial charge in [-0.1, -0.05) is 48.2 Å². The van der Waals surface area contributed by atoms with Crippen molar-refractivity contribution in [3.05, 3.63) is 65.2 Å². The smallest absolute Gasteiger partial charge is 0.406 e. The molecular formula is C17H16F3N3OS. The van der Waals surface area contributed by atoms with E-state index in [1.165, 1.54) is 36.2 Å². The predicted octanol–water partition coefficient (Wildman–Crippen LogP) is 4.48. The molecule has 2 aromatic carbocycles. The molecule has 0 aromatic heterocycles. The Balaban J connectivity index is 1.99. The average Bonchev–Trinajstić information content (AvgIpc) is 2.55. The van der Waals surface area contributed by atoms with Gasteiger partial charge in [0.15, 0.2) is 5.17 Å². The second-order valence-electron chi connectivity index (χ2n) is 5.02. The highest BCUT2D eigenvalue weighted by Gasteiger charge is 2.31. The van der Waals surface area contributed by atoms with E-state index in [1.54, 1.807) is 6.92 Å². The number of rotatable bonds is 5. The van der Waals surface area contributed by atoms with Crippen LogP contribution in [0.2, 0.25) is 0 Å². The first-order valence-corrected chi connectivity index (χ1v) is 8.22. The van der Waals surface area contributed by atoms with Crippen molar-refractivity contribution in [2.75, 3.05) is 0 Å². The van der Waals surface area contributed by atoms with Crippen molar-refractivity contribution >= 4 is 23.1 Å². The molecule has 0 atom stereocenters. The van der Waals surface area contributed by atoms with Gasteiger partial charge in [-0.25, -0.2) is 0 Å². The van der Waals surface area contributed by atoms with Crippen molar-refractivity contribution in [3.63, 3.8) is 0 Å². The average molecular weight is 367 g/mol. The monoisotopic (exact) mass is 367 g/mol. The van der Waals surface area contributed by atoms with Gasteiger partial charge < -0.3 is 10.5 Å². The lowest BCUT2D eigenvalue weighted by Crippen LogP contribution is -2.17. The molecule has 0 aliphatic carbocycles. The van der Waals surface area contributed by atoms with Gasteiger partial charge in [0.25, 0.3) is 0 Å². The number of aryl methyl sites for hydroxylation is 1. The number of nitrogens with zero attached hydrogens (tertiary/aromatic N) is 2. The van der Waals surface area contributed by atoms with Gasteiger partial charge in [0.2, 0.25) is 0 Å². The SMILES string of the molecule is Cc1ccc(OC(F)(F)F)cc1C=NN=C(N)SCc1ccccc1. The summed E-state index contributed by atoms with van der Waals surface area (Å²) in [5, 5.41) is 7.94. The van der Waals surface area contributed by atoms with Crippen LogP contribution in [0.1, 0.15) is 16.7 Å². The minimum atomic E-state index is -4.74. The van der Waals surface area contributed by atoms with Crippen LogP contribution in [0.25, 0.3) is 0 Å². The zero-order valence-corrected chi connectivity index (χ0v) is 14.1. The van der Waals surface area contributed by atoms with E-state index in [4.69, 9.17) is 5.73 Å². The molecule has 8 heteroatoms. The van der Waals surface area contributed by atoms with Crippen LogP contribution in [0.15, 0.2) is 58.7 Å². The summed E-state index contributed by atoms with van der Waals surface area (Å²) in [6.07, 6.45) is -3.39. The van der Waals surface area contributed by atoms with Crippen molar-refractivity contribution in [2.45, 2.75) is 19.0 Å². The molecule has 25 heavy (non-hydrogen) atoms. The van der Waals surface area contributed by atoms with Crippen LogP contribution < -0.4 is 10.5 Å². The lowest BCUT2D eigenvalue weighted by atomic mass is 10.1.